The first kappa shape index (κ1) is 20.6. The highest BCUT2D eigenvalue weighted by Crippen LogP contribution is 2.27. The highest BCUT2D eigenvalue weighted by Gasteiger charge is 2.22. The maximum Gasteiger partial charge on any atom is 0.277 e. The molecule has 0 bridgehead atoms. The molecule has 0 N–H and O–H groups in total. The van der Waals surface area contributed by atoms with Gasteiger partial charge in [0.25, 0.3) is 5.56 Å². The van der Waals surface area contributed by atoms with Crippen LogP contribution >= 0.6 is 0 Å². The van der Waals surface area contributed by atoms with Gasteiger partial charge in [0.05, 0.1) is 12.2 Å². The number of likely N-dealkylation sites (tertiary alicyclic amines) is 1. The van der Waals surface area contributed by atoms with E-state index in [0.29, 0.717) is 18.6 Å². The third-order valence-corrected chi connectivity index (χ3v) is 6.41. The monoisotopic (exact) mass is 430 g/mol. The second kappa shape index (κ2) is 8.71. The highest BCUT2D eigenvalue weighted by molar-refractivity contribution is 5.72. The molecule has 0 atom stereocenters. The van der Waals surface area contributed by atoms with Crippen LogP contribution in [-0.4, -0.2) is 32.2 Å². The molecule has 2 aromatic heterocycles. The number of aryl methyl sites for hydroxylation is 1. The van der Waals surface area contributed by atoms with Gasteiger partial charge in [-0.3, -0.25) is 9.69 Å². The van der Waals surface area contributed by atoms with Gasteiger partial charge in [0.2, 0.25) is 0 Å². The van der Waals surface area contributed by atoms with Crippen molar-refractivity contribution in [2.75, 3.05) is 13.1 Å². The highest BCUT2D eigenvalue weighted by atomic mass is 19.1. The number of halogens is 1. The molecule has 0 saturated carbocycles. The number of aromatic nitrogens is 3. The molecule has 1 fully saturated rings. The first-order chi connectivity index (χ1) is 15.6. The molecule has 0 spiro atoms. The molecule has 0 unspecified atom stereocenters. The summed E-state index contributed by atoms with van der Waals surface area (Å²) in [6.07, 6.45) is 7.24. The van der Waals surface area contributed by atoms with E-state index in [1.165, 1.54) is 31.4 Å². The number of benzene rings is 2. The minimum atomic E-state index is -0.282. The Morgan fingerprint density at radius 3 is 2.44 bits per heavy atom. The van der Waals surface area contributed by atoms with E-state index < -0.39 is 0 Å². The topological polar surface area (TPSA) is 42.5 Å². The molecule has 0 radical (unpaired) electrons. The maximum absolute atomic E-state index is 13.6. The van der Waals surface area contributed by atoms with Gasteiger partial charge in [0, 0.05) is 30.1 Å². The number of piperidine rings is 1. The molecule has 3 heterocycles. The fourth-order valence-corrected chi connectivity index (χ4v) is 4.58. The SMILES string of the molecule is Cc1ccccc1Cn1ccn2nc(-c3ccc(F)cc3)c(CN3CCCCC3)c2c1=O. The van der Waals surface area contributed by atoms with Crippen LogP contribution in [0.2, 0.25) is 0 Å². The number of nitrogens with zero attached hydrogens (tertiary/aromatic N) is 4. The standard InChI is InChI=1S/C26H27FN4O/c1-19-7-3-4-8-21(19)17-30-15-16-31-25(26(30)32)23(18-29-13-5-2-6-14-29)24(28-31)20-9-11-22(27)12-10-20/h3-4,7-12,15-16H,2,5-6,13-14,17-18H2,1H3. The zero-order valence-corrected chi connectivity index (χ0v) is 18.3. The zero-order chi connectivity index (χ0) is 22.1. The fraction of sp³-hybridized carbons (Fsp3) is 0.308. The van der Waals surface area contributed by atoms with E-state index in [2.05, 4.69) is 24.0 Å². The number of fused-ring (bicyclic) bond motifs is 1. The summed E-state index contributed by atoms with van der Waals surface area (Å²) in [6, 6.07) is 14.5. The second-order valence-corrected chi connectivity index (χ2v) is 8.62. The Bertz CT molecular complexity index is 1300. The van der Waals surface area contributed by atoms with Crippen molar-refractivity contribution in [1.82, 2.24) is 19.1 Å². The molecular formula is C26H27FN4O. The summed E-state index contributed by atoms with van der Waals surface area (Å²) < 4.78 is 17.0. The van der Waals surface area contributed by atoms with E-state index in [1.807, 2.05) is 18.3 Å². The van der Waals surface area contributed by atoms with Crippen molar-refractivity contribution in [1.29, 1.82) is 0 Å². The molecule has 0 amide bonds. The number of hydrogen-bond acceptors (Lipinski definition) is 3. The van der Waals surface area contributed by atoms with E-state index in [1.54, 1.807) is 27.4 Å². The van der Waals surface area contributed by atoms with Gasteiger partial charge < -0.3 is 4.57 Å². The Balaban J connectivity index is 1.64. The van der Waals surface area contributed by atoms with Crippen molar-refractivity contribution in [3.63, 3.8) is 0 Å². The molecule has 1 aliphatic heterocycles. The van der Waals surface area contributed by atoms with E-state index in [9.17, 15) is 9.18 Å². The van der Waals surface area contributed by atoms with E-state index >= 15 is 0 Å². The summed E-state index contributed by atoms with van der Waals surface area (Å²) in [5, 5.41) is 4.76. The smallest absolute Gasteiger partial charge is 0.277 e. The normalized spacial score (nSPS) is 14.8. The van der Waals surface area contributed by atoms with Crippen molar-refractivity contribution in [3.8, 4) is 11.3 Å². The Morgan fingerprint density at radius 1 is 0.938 bits per heavy atom. The van der Waals surface area contributed by atoms with Crippen LogP contribution in [0.4, 0.5) is 4.39 Å². The summed E-state index contributed by atoms with van der Waals surface area (Å²) in [4.78, 5) is 16.0. The maximum atomic E-state index is 13.6. The average Bonchev–Trinajstić information content (AvgIpc) is 3.17. The van der Waals surface area contributed by atoms with Crippen LogP contribution in [0.25, 0.3) is 16.8 Å². The number of hydrogen-bond donors (Lipinski definition) is 0. The third-order valence-electron chi connectivity index (χ3n) is 6.41. The predicted molar refractivity (Wildman–Crippen MR) is 124 cm³/mol. The molecule has 6 heteroatoms. The van der Waals surface area contributed by atoms with Gasteiger partial charge in [0.1, 0.15) is 11.3 Å². The molecule has 5 nitrogen and oxygen atoms in total. The van der Waals surface area contributed by atoms with E-state index in [0.717, 1.165) is 41.0 Å². The molecule has 1 saturated heterocycles. The van der Waals surface area contributed by atoms with Gasteiger partial charge in [-0.1, -0.05) is 30.7 Å². The molecule has 5 rings (SSSR count). The third kappa shape index (κ3) is 3.98. The molecule has 0 aliphatic carbocycles. The van der Waals surface area contributed by atoms with Gasteiger partial charge >= 0.3 is 0 Å². The minimum absolute atomic E-state index is 0.0522. The van der Waals surface area contributed by atoms with Crippen molar-refractivity contribution < 1.29 is 4.39 Å². The van der Waals surface area contributed by atoms with Crippen LogP contribution in [0.1, 0.15) is 36.0 Å². The molecule has 32 heavy (non-hydrogen) atoms. The predicted octanol–water partition coefficient (Wildman–Crippen LogP) is 4.64. The Labute approximate surface area is 186 Å². The number of rotatable bonds is 5. The van der Waals surface area contributed by atoms with Crippen LogP contribution in [0.15, 0.2) is 65.7 Å². The van der Waals surface area contributed by atoms with Crippen molar-refractivity contribution in [3.05, 3.63) is 93.8 Å². The molecule has 164 valence electrons. The molecular weight excluding hydrogens is 403 g/mol. The Kier molecular flexibility index (Phi) is 5.62. The van der Waals surface area contributed by atoms with Crippen molar-refractivity contribution >= 4 is 5.52 Å². The lowest BCUT2D eigenvalue weighted by molar-refractivity contribution is 0.222. The van der Waals surface area contributed by atoms with Crippen molar-refractivity contribution in [2.45, 2.75) is 39.3 Å². The van der Waals surface area contributed by atoms with Crippen LogP contribution in [0.5, 0.6) is 0 Å². The minimum Gasteiger partial charge on any atom is -0.308 e. The first-order valence-electron chi connectivity index (χ1n) is 11.2. The summed E-state index contributed by atoms with van der Waals surface area (Å²) in [7, 11) is 0. The lowest BCUT2D eigenvalue weighted by Crippen LogP contribution is -2.30. The molecule has 2 aromatic carbocycles. The van der Waals surface area contributed by atoms with Gasteiger partial charge in [-0.05, 0) is 68.2 Å². The summed E-state index contributed by atoms with van der Waals surface area (Å²) in [6.45, 7) is 5.28. The summed E-state index contributed by atoms with van der Waals surface area (Å²) in [5.74, 6) is -0.282. The summed E-state index contributed by atoms with van der Waals surface area (Å²) >= 11 is 0. The van der Waals surface area contributed by atoms with Crippen LogP contribution in [0, 0.1) is 12.7 Å². The lowest BCUT2D eigenvalue weighted by atomic mass is 10.0. The van der Waals surface area contributed by atoms with Gasteiger partial charge in [-0.25, -0.2) is 8.91 Å². The van der Waals surface area contributed by atoms with E-state index in [4.69, 9.17) is 5.10 Å². The lowest BCUT2D eigenvalue weighted by Gasteiger charge is -2.26. The summed E-state index contributed by atoms with van der Waals surface area (Å²) in [5.41, 5.74) is 5.33. The van der Waals surface area contributed by atoms with Gasteiger partial charge in [-0.2, -0.15) is 5.10 Å². The Hall–Kier alpha value is -3.25. The van der Waals surface area contributed by atoms with Crippen LogP contribution in [-0.2, 0) is 13.1 Å². The fourth-order valence-electron chi connectivity index (χ4n) is 4.58. The Morgan fingerprint density at radius 2 is 1.69 bits per heavy atom. The van der Waals surface area contributed by atoms with Gasteiger partial charge in [0.15, 0.2) is 0 Å². The van der Waals surface area contributed by atoms with Crippen molar-refractivity contribution in [2.24, 2.45) is 0 Å². The van der Waals surface area contributed by atoms with Crippen LogP contribution in [0.3, 0.4) is 0 Å². The average molecular weight is 431 g/mol. The second-order valence-electron chi connectivity index (χ2n) is 8.62. The largest absolute Gasteiger partial charge is 0.308 e. The zero-order valence-electron chi connectivity index (χ0n) is 18.3. The van der Waals surface area contributed by atoms with E-state index in [-0.39, 0.29) is 11.4 Å². The van der Waals surface area contributed by atoms with Gasteiger partial charge in [-0.15, -0.1) is 0 Å². The quantitative estimate of drug-likeness (QED) is 0.463. The van der Waals surface area contributed by atoms with Crippen LogP contribution < -0.4 is 5.56 Å². The first-order valence-corrected chi connectivity index (χ1v) is 11.2. The molecule has 1 aliphatic rings. The molecule has 4 aromatic rings.